The van der Waals surface area contributed by atoms with E-state index in [9.17, 15) is 14.4 Å². The number of hydrogen-bond donors (Lipinski definition) is 1. The van der Waals surface area contributed by atoms with Crippen LogP contribution >= 0.6 is 11.3 Å². The summed E-state index contributed by atoms with van der Waals surface area (Å²) in [4.78, 5) is 37.1. The minimum absolute atomic E-state index is 0.170. The highest BCUT2D eigenvalue weighted by molar-refractivity contribution is 7.18. The molecule has 6 nitrogen and oxygen atoms in total. The summed E-state index contributed by atoms with van der Waals surface area (Å²) < 4.78 is 10.8. The molecule has 1 N–H and O–H groups in total. The zero-order valence-corrected chi connectivity index (χ0v) is 17.9. The van der Waals surface area contributed by atoms with Gasteiger partial charge in [-0.2, -0.15) is 0 Å². The van der Waals surface area contributed by atoms with Gasteiger partial charge in [-0.3, -0.25) is 9.59 Å². The summed E-state index contributed by atoms with van der Waals surface area (Å²) in [7, 11) is 0. The van der Waals surface area contributed by atoms with E-state index in [1.54, 1.807) is 19.9 Å². The smallest absolute Gasteiger partial charge is 0.341 e. The molecule has 1 amide bonds. The lowest BCUT2D eigenvalue weighted by Crippen LogP contribution is -2.12. The molecule has 0 atom stereocenters. The summed E-state index contributed by atoms with van der Waals surface area (Å²) in [6, 6.07) is 7.42. The van der Waals surface area contributed by atoms with Crippen molar-refractivity contribution in [3.05, 3.63) is 51.9 Å². The summed E-state index contributed by atoms with van der Waals surface area (Å²) in [5.41, 5.74) is 1.50. The second kappa shape index (κ2) is 10.6. The number of thiophene rings is 1. The number of anilines is 1. The molecular formula is C22H25NO5S. The van der Waals surface area contributed by atoms with E-state index in [4.69, 9.17) is 9.47 Å². The summed E-state index contributed by atoms with van der Waals surface area (Å²) in [5, 5.41) is 3.00. The lowest BCUT2D eigenvalue weighted by molar-refractivity contribution is -0.111. The average molecular weight is 416 g/mol. The number of esters is 1. The number of hydrogen-bond acceptors (Lipinski definition) is 6. The Balaban J connectivity index is 2.25. The van der Waals surface area contributed by atoms with E-state index < -0.39 is 11.9 Å². The van der Waals surface area contributed by atoms with Gasteiger partial charge < -0.3 is 14.8 Å². The van der Waals surface area contributed by atoms with Crippen LogP contribution in [-0.4, -0.2) is 30.9 Å². The van der Waals surface area contributed by atoms with Crippen LogP contribution in [0.4, 0.5) is 5.00 Å². The molecule has 0 radical (unpaired) electrons. The Hall–Kier alpha value is -2.93. The van der Waals surface area contributed by atoms with Crippen molar-refractivity contribution in [1.29, 1.82) is 0 Å². The zero-order chi connectivity index (χ0) is 21.4. The molecule has 2 aromatic rings. The lowest BCUT2D eigenvalue weighted by atomic mass is 10.1. The Labute approximate surface area is 174 Å². The van der Waals surface area contributed by atoms with Gasteiger partial charge in [0.25, 0.3) is 0 Å². The Kier molecular flexibility index (Phi) is 8.15. The third kappa shape index (κ3) is 5.77. The van der Waals surface area contributed by atoms with E-state index in [0.29, 0.717) is 27.8 Å². The minimum atomic E-state index is -0.564. The molecule has 0 saturated heterocycles. The molecule has 1 heterocycles. The standard InChI is InChI=1S/C22H25NO5S/c1-5-13-28-17-10-8-7-9-16(17)11-12-18(25)23-21-19(22(26)27-6-2)14(3)20(29-21)15(4)24/h7-12H,5-6,13H2,1-4H3,(H,23,25). The number of carbonyl (C=O) groups is 3. The highest BCUT2D eigenvalue weighted by atomic mass is 32.1. The molecule has 1 aromatic heterocycles. The molecule has 154 valence electrons. The van der Waals surface area contributed by atoms with Gasteiger partial charge in [0.1, 0.15) is 10.8 Å². The number of nitrogens with one attached hydrogen (secondary N) is 1. The molecule has 0 aliphatic carbocycles. The molecule has 29 heavy (non-hydrogen) atoms. The number of carbonyl (C=O) groups excluding carboxylic acids is 3. The molecule has 0 spiro atoms. The van der Waals surface area contributed by atoms with E-state index >= 15 is 0 Å². The molecule has 1 aromatic carbocycles. The summed E-state index contributed by atoms with van der Waals surface area (Å²) in [6.45, 7) is 7.60. The van der Waals surface area contributed by atoms with Crippen LogP contribution in [0.3, 0.4) is 0 Å². The number of benzene rings is 1. The first-order valence-corrected chi connectivity index (χ1v) is 10.2. The number of ether oxygens (including phenoxy) is 2. The topological polar surface area (TPSA) is 81.7 Å². The molecule has 0 unspecified atom stereocenters. The summed E-state index contributed by atoms with van der Waals surface area (Å²) in [6.07, 6.45) is 3.90. The summed E-state index contributed by atoms with van der Waals surface area (Å²) in [5.74, 6) is -0.462. The van der Waals surface area contributed by atoms with Crippen LogP contribution in [-0.2, 0) is 9.53 Å². The van der Waals surface area contributed by atoms with Gasteiger partial charge >= 0.3 is 5.97 Å². The monoisotopic (exact) mass is 415 g/mol. The first kappa shape index (κ1) is 22.4. The number of para-hydroxylation sites is 1. The molecule has 2 rings (SSSR count). The van der Waals surface area contributed by atoms with Gasteiger partial charge in [0, 0.05) is 11.6 Å². The average Bonchev–Trinajstić information content (AvgIpc) is 3.01. The van der Waals surface area contributed by atoms with Crippen molar-refractivity contribution < 1.29 is 23.9 Å². The fraction of sp³-hybridized carbons (Fsp3) is 0.318. The van der Waals surface area contributed by atoms with Crippen LogP contribution in [0.5, 0.6) is 5.75 Å². The second-order valence-electron chi connectivity index (χ2n) is 6.25. The molecule has 0 aliphatic rings. The number of ketones is 1. The van der Waals surface area contributed by atoms with Gasteiger partial charge in [-0.05, 0) is 44.9 Å². The first-order valence-electron chi connectivity index (χ1n) is 9.41. The van der Waals surface area contributed by atoms with Crippen molar-refractivity contribution in [3.63, 3.8) is 0 Å². The van der Waals surface area contributed by atoms with Gasteiger partial charge in [-0.15, -0.1) is 11.3 Å². The normalized spacial score (nSPS) is 10.8. The van der Waals surface area contributed by atoms with Crippen LogP contribution in [0.1, 0.15) is 58.3 Å². The molecule has 0 fully saturated rings. The highest BCUT2D eigenvalue weighted by Gasteiger charge is 2.24. The van der Waals surface area contributed by atoms with Crippen molar-refractivity contribution in [2.24, 2.45) is 0 Å². The van der Waals surface area contributed by atoms with Gasteiger partial charge in [0.2, 0.25) is 5.91 Å². The Morgan fingerprint density at radius 1 is 1.17 bits per heavy atom. The van der Waals surface area contributed by atoms with Gasteiger partial charge in [0.15, 0.2) is 5.78 Å². The fourth-order valence-corrected chi connectivity index (χ4v) is 3.76. The lowest BCUT2D eigenvalue weighted by Gasteiger charge is -2.08. The molecule has 7 heteroatoms. The first-order chi connectivity index (χ1) is 13.9. The van der Waals surface area contributed by atoms with E-state index in [2.05, 4.69) is 5.32 Å². The maximum atomic E-state index is 12.5. The van der Waals surface area contributed by atoms with E-state index in [-0.39, 0.29) is 18.0 Å². The third-order valence-corrected chi connectivity index (χ3v) is 5.29. The largest absolute Gasteiger partial charge is 0.493 e. The van der Waals surface area contributed by atoms with Crippen molar-refractivity contribution >= 4 is 40.1 Å². The van der Waals surface area contributed by atoms with Crippen LogP contribution in [0.2, 0.25) is 0 Å². The molecule has 0 aliphatic heterocycles. The summed E-state index contributed by atoms with van der Waals surface area (Å²) >= 11 is 1.07. The maximum absolute atomic E-state index is 12.5. The minimum Gasteiger partial charge on any atom is -0.493 e. The molecule has 0 saturated carbocycles. The SMILES string of the molecule is CCCOc1ccccc1C=CC(=O)Nc1sc(C(C)=O)c(C)c1C(=O)OCC. The zero-order valence-electron chi connectivity index (χ0n) is 17.0. The Morgan fingerprint density at radius 2 is 1.90 bits per heavy atom. The second-order valence-corrected chi connectivity index (χ2v) is 7.27. The van der Waals surface area contributed by atoms with Crippen molar-refractivity contribution in [2.75, 3.05) is 18.5 Å². The quantitative estimate of drug-likeness (QED) is 0.359. The van der Waals surface area contributed by atoms with Crippen LogP contribution in [0.15, 0.2) is 30.3 Å². The highest BCUT2D eigenvalue weighted by Crippen LogP contribution is 2.34. The van der Waals surface area contributed by atoms with Crippen LogP contribution in [0.25, 0.3) is 6.08 Å². The predicted octanol–water partition coefficient (Wildman–Crippen LogP) is 4.88. The Bertz CT molecular complexity index is 929. The van der Waals surface area contributed by atoms with Crippen LogP contribution < -0.4 is 10.1 Å². The predicted molar refractivity (Wildman–Crippen MR) is 115 cm³/mol. The fourth-order valence-electron chi connectivity index (χ4n) is 2.67. The third-order valence-electron chi connectivity index (χ3n) is 3.98. The van der Waals surface area contributed by atoms with Crippen molar-refractivity contribution in [2.45, 2.75) is 34.1 Å². The van der Waals surface area contributed by atoms with Crippen LogP contribution in [0, 0.1) is 6.92 Å². The van der Waals surface area contributed by atoms with Crippen molar-refractivity contribution in [1.82, 2.24) is 0 Å². The van der Waals surface area contributed by atoms with Gasteiger partial charge in [0.05, 0.1) is 23.7 Å². The number of amides is 1. The van der Waals surface area contributed by atoms with E-state index in [1.165, 1.54) is 13.0 Å². The number of rotatable bonds is 9. The van der Waals surface area contributed by atoms with Crippen molar-refractivity contribution in [3.8, 4) is 5.75 Å². The van der Waals surface area contributed by atoms with E-state index in [0.717, 1.165) is 23.3 Å². The number of Topliss-reactive ketones (excluding diaryl/α,β-unsaturated/α-hetero) is 1. The Morgan fingerprint density at radius 3 is 2.55 bits per heavy atom. The van der Waals surface area contributed by atoms with E-state index in [1.807, 2.05) is 31.2 Å². The molecule has 0 bridgehead atoms. The maximum Gasteiger partial charge on any atom is 0.341 e. The van der Waals surface area contributed by atoms with Gasteiger partial charge in [-0.25, -0.2) is 4.79 Å². The molecular weight excluding hydrogens is 390 g/mol. The van der Waals surface area contributed by atoms with Gasteiger partial charge in [-0.1, -0.05) is 25.1 Å².